The molecule has 0 atom stereocenters. The predicted molar refractivity (Wildman–Crippen MR) is 95.6 cm³/mol. The molecule has 26 heavy (non-hydrogen) atoms. The van der Waals surface area contributed by atoms with Crippen LogP contribution < -0.4 is 14.2 Å². The van der Waals surface area contributed by atoms with E-state index in [1.165, 1.54) is 17.5 Å². The van der Waals surface area contributed by atoms with Gasteiger partial charge in [0.05, 0.1) is 14.2 Å². The number of aromatic nitrogens is 2. The van der Waals surface area contributed by atoms with E-state index in [0.29, 0.717) is 23.2 Å². The van der Waals surface area contributed by atoms with Crippen molar-refractivity contribution in [3.8, 4) is 28.6 Å². The van der Waals surface area contributed by atoms with Crippen LogP contribution in [0.1, 0.15) is 23.4 Å². The van der Waals surface area contributed by atoms with E-state index in [0.717, 1.165) is 24.2 Å². The summed E-state index contributed by atoms with van der Waals surface area (Å²) in [4.78, 5) is 4.40. The first-order valence-electron chi connectivity index (χ1n) is 8.56. The third-order valence-electron chi connectivity index (χ3n) is 4.54. The van der Waals surface area contributed by atoms with Crippen molar-refractivity contribution in [3.63, 3.8) is 0 Å². The summed E-state index contributed by atoms with van der Waals surface area (Å²) in [5.74, 6) is 3.01. The quantitative estimate of drug-likeness (QED) is 0.672. The van der Waals surface area contributed by atoms with Crippen molar-refractivity contribution in [1.29, 1.82) is 0 Å². The van der Waals surface area contributed by atoms with Crippen molar-refractivity contribution in [1.82, 2.24) is 10.1 Å². The van der Waals surface area contributed by atoms with E-state index < -0.39 is 0 Å². The molecule has 1 heterocycles. The average molecular weight is 352 g/mol. The van der Waals surface area contributed by atoms with E-state index in [9.17, 15) is 0 Å². The molecule has 2 aromatic carbocycles. The molecule has 1 aromatic heterocycles. The lowest BCUT2D eigenvalue weighted by Gasteiger charge is -2.07. The maximum Gasteiger partial charge on any atom is 0.264 e. The SMILES string of the molecule is COc1ccc(-c2noc(COc3ccc4c(c3)CCC4)n2)cc1OC. The number of nitrogens with zero attached hydrogens (tertiary/aromatic N) is 2. The van der Waals surface area contributed by atoms with Gasteiger partial charge in [-0.2, -0.15) is 4.98 Å². The van der Waals surface area contributed by atoms with Gasteiger partial charge in [0.2, 0.25) is 5.82 Å². The Balaban J connectivity index is 1.46. The summed E-state index contributed by atoms with van der Waals surface area (Å²) in [7, 11) is 3.19. The molecule has 134 valence electrons. The molecule has 3 aromatic rings. The van der Waals surface area contributed by atoms with E-state index in [-0.39, 0.29) is 6.61 Å². The lowest BCUT2D eigenvalue weighted by atomic mass is 10.1. The number of hydrogen-bond donors (Lipinski definition) is 0. The highest BCUT2D eigenvalue weighted by Crippen LogP contribution is 2.31. The molecule has 6 nitrogen and oxygen atoms in total. The monoisotopic (exact) mass is 352 g/mol. The third-order valence-corrected chi connectivity index (χ3v) is 4.54. The summed E-state index contributed by atoms with van der Waals surface area (Å²) in [5.41, 5.74) is 3.58. The Labute approximate surface area is 151 Å². The summed E-state index contributed by atoms with van der Waals surface area (Å²) in [5, 5.41) is 4.02. The number of fused-ring (bicyclic) bond motifs is 1. The molecule has 0 N–H and O–H groups in total. The predicted octanol–water partition coefficient (Wildman–Crippen LogP) is 3.82. The molecule has 0 saturated carbocycles. The number of hydrogen-bond acceptors (Lipinski definition) is 6. The topological polar surface area (TPSA) is 66.6 Å². The molecule has 0 spiro atoms. The summed E-state index contributed by atoms with van der Waals surface area (Å²) in [6, 6.07) is 11.7. The van der Waals surface area contributed by atoms with Gasteiger partial charge in [-0.25, -0.2) is 0 Å². The van der Waals surface area contributed by atoms with E-state index >= 15 is 0 Å². The van der Waals surface area contributed by atoms with Crippen molar-refractivity contribution >= 4 is 0 Å². The number of methoxy groups -OCH3 is 2. The van der Waals surface area contributed by atoms with Crippen molar-refractivity contribution in [2.45, 2.75) is 25.9 Å². The first kappa shape index (κ1) is 16.4. The fourth-order valence-corrected chi connectivity index (χ4v) is 3.19. The van der Waals surface area contributed by atoms with Crippen LogP contribution in [-0.2, 0) is 19.4 Å². The Hall–Kier alpha value is -3.02. The Bertz CT molecular complexity index is 920. The molecule has 0 fully saturated rings. The molecule has 0 saturated heterocycles. The third kappa shape index (κ3) is 3.22. The standard InChI is InChI=1S/C20H20N2O4/c1-23-17-9-7-15(11-18(17)24-2)20-21-19(26-22-20)12-25-16-8-6-13-4-3-5-14(13)10-16/h6-11H,3-5,12H2,1-2H3. The molecular weight excluding hydrogens is 332 g/mol. The first-order chi connectivity index (χ1) is 12.8. The maximum atomic E-state index is 5.81. The zero-order chi connectivity index (χ0) is 17.9. The van der Waals surface area contributed by atoms with Gasteiger partial charge in [-0.05, 0) is 60.7 Å². The van der Waals surface area contributed by atoms with Crippen LogP contribution in [0.3, 0.4) is 0 Å². The summed E-state index contributed by atoms with van der Waals surface area (Å²) in [6.07, 6.45) is 3.50. The van der Waals surface area contributed by atoms with Crippen LogP contribution in [0, 0.1) is 0 Å². The highest BCUT2D eigenvalue weighted by molar-refractivity contribution is 5.60. The fourth-order valence-electron chi connectivity index (χ4n) is 3.19. The second-order valence-corrected chi connectivity index (χ2v) is 6.15. The Kier molecular flexibility index (Phi) is 4.48. The molecule has 4 rings (SSSR count). The molecule has 0 unspecified atom stereocenters. The van der Waals surface area contributed by atoms with Crippen LogP contribution >= 0.6 is 0 Å². The second-order valence-electron chi connectivity index (χ2n) is 6.15. The molecule has 6 heteroatoms. The minimum absolute atomic E-state index is 0.235. The highest BCUT2D eigenvalue weighted by atomic mass is 16.5. The minimum atomic E-state index is 0.235. The van der Waals surface area contributed by atoms with Crippen LogP contribution in [0.2, 0.25) is 0 Å². The molecule has 1 aliphatic carbocycles. The molecule has 0 amide bonds. The van der Waals surface area contributed by atoms with Gasteiger partial charge in [0.25, 0.3) is 5.89 Å². The molecule has 0 bridgehead atoms. The number of benzene rings is 2. The molecular formula is C20H20N2O4. The van der Waals surface area contributed by atoms with Crippen LogP contribution in [0.15, 0.2) is 40.9 Å². The van der Waals surface area contributed by atoms with E-state index in [1.54, 1.807) is 14.2 Å². The minimum Gasteiger partial charge on any atom is -0.493 e. The number of ether oxygens (including phenoxy) is 3. The van der Waals surface area contributed by atoms with Gasteiger partial charge in [0, 0.05) is 5.56 Å². The molecule has 0 aliphatic heterocycles. The van der Waals surface area contributed by atoms with E-state index in [1.807, 2.05) is 24.3 Å². The molecule has 0 radical (unpaired) electrons. The van der Waals surface area contributed by atoms with E-state index in [4.69, 9.17) is 18.7 Å². The van der Waals surface area contributed by atoms with Crippen molar-refractivity contribution in [3.05, 3.63) is 53.4 Å². The zero-order valence-electron chi connectivity index (χ0n) is 14.8. The first-order valence-corrected chi connectivity index (χ1v) is 8.56. The lowest BCUT2D eigenvalue weighted by molar-refractivity contribution is 0.243. The van der Waals surface area contributed by atoms with Crippen LogP contribution in [-0.4, -0.2) is 24.4 Å². The summed E-state index contributed by atoms with van der Waals surface area (Å²) in [6.45, 7) is 0.235. The van der Waals surface area contributed by atoms with Crippen molar-refractivity contribution < 1.29 is 18.7 Å². The van der Waals surface area contributed by atoms with Crippen LogP contribution in [0.4, 0.5) is 0 Å². The highest BCUT2D eigenvalue weighted by Gasteiger charge is 2.14. The van der Waals surface area contributed by atoms with Crippen molar-refractivity contribution in [2.75, 3.05) is 14.2 Å². The zero-order valence-corrected chi connectivity index (χ0v) is 14.8. The largest absolute Gasteiger partial charge is 0.493 e. The van der Waals surface area contributed by atoms with Gasteiger partial charge in [0.1, 0.15) is 5.75 Å². The van der Waals surface area contributed by atoms with Gasteiger partial charge < -0.3 is 18.7 Å². The van der Waals surface area contributed by atoms with Crippen molar-refractivity contribution in [2.24, 2.45) is 0 Å². The van der Waals surface area contributed by atoms with Gasteiger partial charge in [0.15, 0.2) is 18.1 Å². The Morgan fingerprint density at radius 3 is 2.65 bits per heavy atom. The smallest absolute Gasteiger partial charge is 0.264 e. The lowest BCUT2D eigenvalue weighted by Crippen LogP contribution is -1.97. The second kappa shape index (κ2) is 7.07. The Morgan fingerprint density at radius 2 is 1.81 bits per heavy atom. The van der Waals surface area contributed by atoms with Gasteiger partial charge in [-0.15, -0.1) is 0 Å². The van der Waals surface area contributed by atoms with E-state index in [2.05, 4.69) is 22.3 Å². The van der Waals surface area contributed by atoms with Crippen LogP contribution in [0.5, 0.6) is 17.2 Å². The normalized spacial score (nSPS) is 12.7. The fraction of sp³-hybridized carbons (Fsp3) is 0.300. The maximum absolute atomic E-state index is 5.81. The van der Waals surface area contributed by atoms with Gasteiger partial charge in [-0.3, -0.25) is 0 Å². The number of rotatable bonds is 6. The average Bonchev–Trinajstić information content (AvgIpc) is 3.34. The van der Waals surface area contributed by atoms with Gasteiger partial charge in [-0.1, -0.05) is 11.2 Å². The number of aryl methyl sites for hydroxylation is 2. The summed E-state index contributed by atoms with van der Waals surface area (Å²) >= 11 is 0. The summed E-state index contributed by atoms with van der Waals surface area (Å²) < 4.78 is 21.7. The van der Waals surface area contributed by atoms with Gasteiger partial charge >= 0.3 is 0 Å². The Morgan fingerprint density at radius 1 is 0.962 bits per heavy atom. The molecule has 1 aliphatic rings. The van der Waals surface area contributed by atoms with Crippen LogP contribution in [0.25, 0.3) is 11.4 Å².